The number of aryl methyl sites for hydroxylation is 3. The average molecular weight is 232 g/mol. The Hall–Kier alpha value is -1.84. The number of hydrogen-bond acceptors (Lipinski definition) is 3. The molecule has 2 aromatic rings. The lowest BCUT2D eigenvalue weighted by atomic mass is 10.2. The predicted octanol–water partition coefficient (Wildman–Crippen LogP) is 2.44. The highest BCUT2D eigenvalue weighted by atomic mass is 16.5. The van der Waals surface area contributed by atoms with E-state index in [1.54, 1.807) is 11.3 Å². The molecule has 0 aliphatic carbocycles. The normalized spacial score (nSPS) is 10.8. The van der Waals surface area contributed by atoms with Gasteiger partial charge in [-0.2, -0.15) is 0 Å². The molecule has 0 amide bonds. The molecule has 4 heteroatoms. The number of fused-ring (bicyclic) bond motifs is 1. The number of nitrogens with zero attached hydrogens (tertiary/aromatic N) is 2. The first-order chi connectivity index (χ1) is 8.06. The molecule has 0 N–H and O–H groups in total. The maximum absolute atomic E-state index is 11.9. The average Bonchev–Trinajstić information content (AvgIpc) is 2.61. The van der Waals surface area contributed by atoms with Crippen molar-refractivity contribution >= 4 is 11.6 Å². The van der Waals surface area contributed by atoms with Crippen molar-refractivity contribution in [3.05, 3.63) is 34.8 Å². The van der Waals surface area contributed by atoms with Crippen LogP contribution in [-0.2, 0) is 4.74 Å². The molecular weight excluding hydrogens is 216 g/mol. The van der Waals surface area contributed by atoms with Crippen LogP contribution in [0.15, 0.2) is 12.3 Å². The van der Waals surface area contributed by atoms with Crippen molar-refractivity contribution in [1.82, 2.24) is 9.38 Å². The summed E-state index contributed by atoms with van der Waals surface area (Å²) in [6.07, 6.45) is 1.86. The molecule has 0 unspecified atom stereocenters. The second-order valence-corrected chi connectivity index (χ2v) is 4.08. The van der Waals surface area contributed by atoms with Crippen LogP contribution in [0.25, 0.3) is 5.65 Å². The first-order valence-corrected chi connectivity index (χ1v) is 5.68. The van der Waals surface area contributed by atoms with Crippen molar-refractivity contribution < 1.29 is 9.53 Å². The molecule has 0 aromatic carbocycles. The van der Waals surface area contributed by atoms with Crippen LogP contribution in [0, 0.1) is 20.8 Å². The van der Waals surface area contributed by atoms with Gasteiger partial charge < -0.3 is 4.74 Å². The van der Waals surface area contributed by atoms with Crippen molar-refractivity contribution in [2.45, 2.75) is 27.7 Å². The van der Waals surface area contributed by atoms with Gasteiger partial charge >= 0.3 is 5.97 Å². The number of rotatable bonds is 2. The Kier molecular flexibility index (Phi) is 2.88. The Morgan fingerprint density at radius 3 is 2.76 bits per heavy atom. The van der Waals surface area contributed by atoms with Crippen LogP contribution in [0.1, 0.15) is 34.2 Å². The van der Waals surface area contributed by atoms with Crippen molar-refractivity contribution in [2.24, 2.45) is 0 Å². The van der Waals surface area contributed by atoms with Gasteiger partial charge in [-0.3, -0.25) is 4.40 Å². The highest BCUT2D eigenvalue weighted by Crippen LogP contribution is 2.18. The fourth-order valence-corrected chi connectivity index (χ4v) is 1.89. The number of hydrogen-bond donors (Lipinski definition) is 0. The molecule has 0 atom stereocenters. The van der Waals surface area contributed by atoms with Crippen LogP contribution >= 0.6 is 0 Å². The van der Waals surface area contributed by atoms with E-state index in [0.29, 0.717) is 18.0 Å². The molecule has 0 spiro atoms. The number of aromatic nitrogens is 2. The lowest BCUT2D eigenvalue weighted by molar-refractivity contribution is 0.0517. The van der Waals surface area contributed by atoms with Crippen molar-refractivity contribution in [3.63, 3.8) is 0 Å². The number of pyridine rings is 1. The number of esters is 1. The van der Waals surface area contributed by atoms with Gasteiger partial charge in [0.1, 0.15) is 5.65 Å². The van der Waals surface area contributed by atoms with E-state index in [0.717, 1.165) is 16.8 Å². The van der Waals surface area contributed by atoms with Gasteiger partial charge in [0.05, 0.1) is 12.3 Å². The zero-order valence-corrected chi connectivity index (χ0v) is 10.6. The zero-order valence-electron chi connectivity index (χ0n) is 10.6. The summed E-state index contributed by atoms with van der Waals surface area (Å²) in [5, 5.41) is 0. The molecule has 0 aliphatic heterocycles. The Morgan fingerprint density at radius 2 is 2.12 bits per heavy atom. The molecule has 2 rings (SSSR count). The zero-order chi connectivity index (χ0) is 12.6. The third-order valence-corrected chi connectivity index (χ3v) is 2.95. The van der Waals surface area contributed by atoms with Gasteiger partial charge in [-0.25, -0.2) is 9.78 Å². The number of imidazole rings is 1. The fourth-order valence-electron chi connectivity index (χ4n) is 1.89. The lowest BCUT2D eigenvalue weighted by Gasteiger charge is -2.05. The monoisotopic (exact) mass is 232 g/mol. The molecule has 0 fully saturated rings. The first-order valence-electron chi connectivity index (χ1n) is 5.68. The van der Waals surface area contributed by atoms with Gasteiger partial charge in [-0.15, -0.1) is 0 Å². The summed E-state index contributed by atoms with van der Waals surface area (Å²) in [6, 6.07) is 1.98. The van der Waals surface area contributed by atoms with Gasteiger partial charge in [0, 0.05) is 6.20 Å². The van der Waals surface area contributed by atoms with Gasteiger partial charge in [-0.1, -0.05) is 0 Å². The number of ether oxygens (including phenoxy) is 1. The topological polar surface area (TPSA) is 43.6 Å². The van der Waals surface area contributed by atoms with Crippen LogP contribution in [0.3, 0.4) is 0 Å². The Morgan fingerprint density at radius 1 is 1.41 bits per heavy atom. The molecule has 90 valence electrons. The molecule has 0 aliphatic rings. The van der Waals surface area contributed by atoms with Gasteiger partial charge in [-0.05, 0) is 44.9 Å². The molecule has 2 heterocycles. The highest BCUT2D eigenvalue weighted by molar-refractivity contribution is 5.90. The van der Waals surface area contributed by atoms with E-state index in [2.05, 4.69) is 4.98 Å². The first kappa shape index (κ1) is 11.6. The van der Waals surface area contributed by atoms with E-state index in [4.69, 9.17) is 4.74 Å². The third kappa shape index (κ3) is 1.79. The maximum Gasteiger partial charge on any atom is 0.357 e. The van der Waals surface area contributed by atoms with Crippen LogP contribution in [-0.4, -0.2) is 22.0 Å². The summed E-state index contributed by atoms with van der Waals surface area (Å²) in [5.41, 5.74) is 4.30. The van der Waals surface area contributed by atoms with E-state index >= 15 is 0 Å². The smallest absolute Gasteiger partial charge is 0.357 e. The summed E-state index contributed by atoms with van der Waals surface area (Å²) in [5.74, 6) is -0.319. The largest absolute Gasteiger partial charge is 0.461 e. The summed E-state index contributed by atoms with van der Waals surface area (Å²) >= 11 is 0. The Bertz CT molecular complexity index is 585. The Labute approximate surface area is 100 Å². The molecular formula is C13H16N2O2. The molecule has 4 nitrogen and oxygen atoms in total. The van der Waals surface area contributed by atoms with Crippen LogP contribution < -0.4 is 0 Å². The van der Waals surface area contributed by atoms with Crippen molar-refractivity contribution in [2.75, 3.05) is 6.61 Å². The molecule has 17 heavy (non-hydrogen) atoms. The highest BCUT2D eigenvalue weighted by Gasteiger charge is 2.18. The number of carbonyl (C=O) groups excluding carboxylic acids is 1. The molecule has 0 saturated heterocycles. The molecule has 0 radical (unpaired) electrons. The summed E-state index contributed by atoms with van der Waals surface area (Å²) < 4.78 is 6.85. The van der Waals surface area contributed by atoms with Crippen LogP contribution in [0.4, 0.5) is 0 Å². The van der Waals surface area contributed by atoms with Gasteiger partial charge in [0.15, 0.2) is 5.69 Å². The quantitative estimate of drug-likeness (QED) is 0.747. The summed E-state index contributed by atoms with van der Waals surface area (Å²) in [4.78, 5) is 16.3. The Balaban J connectivity index is 2.69. The molecule has 0 bridgehead atoms. The van der Waals surface area contributed by atoms with E-state index < -0.39 is 0 Å². The minimum Gasteiger partial charge on any atom is -0.461 e. The van der Waals surface area contributed by atoms with Crippen LogP contribution in [0.5, 0.6) is 0 Å². The van der Waals surface area contributed by atoms with Gasteiger partial charge in [0.2, 0.25) is 0 Å². The molecule has 0 saturated carbocycles. The minimum absolute atomic E-state index is 0.319. The standard InChI is InChI=1S/C13H16N2O2/c1-5-17-13(16)11-10(4)14-12-9(3)8(2)6-7-15(11)12/h6-7H,5H2,1-4H3. The van der Waals surface area contributed by atoms with E-state index in [1.165, 1.54) is 0 Å². The van der Waals surface area contributed by atoms with Crippen LogP contribution in [0.2, 0.25) is 0 Å². The lowest BCUT2D eigenvalue weighted by Crippen LogP contribution is -2.09. The van der Waals surface area contributed by atoms with E-state index in [-0.39, 0.29) is 5.97 Å². The summed E-state index contributed by atoms with van der Waals surface area (Å²) in [7, 11) is 0. The number of carbonyl (C=O) groups is 1. The van der Waals surface area contributed by atoms with Crippen molar-refractivity contribution in [3.8, 4) is 0 Å². The van der Waals surface area contributed by atoms with E-state index in [9.17, 15) is 4.79 Å². The minimum atomic E-state index is -0.319. The second kappa shape index (κ2) is 4.20. The second-order valence-electron chi connectivity index (χ2n) is 4.08. The predicted molar refractivity (Wildman–Crippen MR) is 65.4 cm³/mol. The van der Waals surface area contributed by atoms with E-state index in [1.807, 2.05) is 33.0 Å². The summed E-state index contributed by atoms with van der Waals surface area (Å²) in [6.45, 7) is 8.03. The SMILES string of the molecule is CCOC(=O)c1c(C)nc2c(C)c(C)ccn12. The maximum atomic E-state index is 11.9. The third-order valence-electron chi connectivity index (χ3n) is 2.95. The van der Waals surface area contributed by atoms with Crippen molar-refractivity contribution in [1.29, 1.82) is 0 Å². The van der Waals surface area contributed by atoms with Gasteiger partial charge in [0.25, 0.3) is 0 Å². The fraction of sp³-hybridized carbons (Fsp3) is 0.385. The molecule has 2 aromatic heterocycles.